The van der Waals surface area contributed by atoms with E-state index in [9.17, 15) is 9.59 Å². The predicted molar refractivity (Wildman–Crippen MR) is 118 cm³/mol. The molecule has 0 aliphatic heterocycles. The molecule has 0 unspecified atom stereocenters. The molecule has 1 aromatic carbocycles. The highest BCUT2D eigenvalue weighted by atomic mass is 16.5. The normalized spacial score (nSPS) is 11.5. The number of ether oxygens (including phenoxy) is 1. The molecule has 0 atom stereocenters. The summed E-state index contributed by atoms with van der Waals surface area (Å²) in [5.41, 5.74) is 1.92. The molecule has 4 aromatic rings. The number of aryl methyl sites for hydroxylation is 3. The molecule has 9 heteroatoms. The van der Waals surface area contributed by atoms with Crippen molar-refractivity contribution in [2.45, 2.75) is 26.8 Å². The van der Waals surface area contributed by atoms with E-state index in [2.05, 4.69) is 23.9 Å². The van der Waals surface area contributed by atoms with Gasteiger partial charge in [0.05, 0.1) is 6.20 Å². The van der Waals surface area contributed by atoms with Crippen LogP contribution in [0.5, 0.6) is 11.8 Å². The van der Waals surface area contributed by atoms with Crippen molar-refractivity contribution < 1.29 is 4.74 Å². The van der Waals surface area contributed by atoms with Crippen LogP contribution < -0.4 is 16.0 Å². The molecule has 3 aromatic heterocycles. The third-order valence-corrected chi connectivity index (χ3v) is 5.34. The third-order valence-electron chi connectivity index (χ3n) is 5.34. The molecule has 0 spiro atoms. The molecule has 9 nitrogen and oxygen atoms in total. The monoisotopic (exact) mass is 422 g/mol. The number of rotatable bonds is 6. The second kappa shape index (κ2) is 7.90. The van der Waals surface area contributed by atoms with Gasteiger partial charge in [-0.2, -0.15) is 10.1 Å². The zero-order valence-electron chi connectivity index (χ0n) is 18.4. The summed E-state index contributed by atoms with van der Waals surface area (Å²) < 4.78 is 12.1. The van der Waals surface area contributed by atoms with Crippen LogP contribution in [0, 0.1) is 5.92 Å². The molecule has 0 aliphatic carbocycles. The Labute approximate surface area is 179 Å². The Kier molecular flexibility index (Phi) is 5.26. The van der Waals surface area contributed by atoms with Crippen LogP contribution in [0.3, 0.4) is 0 Å². The minimum absolute atomic E-state index is 0.295. The van der Waals surface area contributed by atoms with Crippen molar-refractivity contribution in [1.82, 2.24) is 28.5 Å². The van der Waals surface area contributed by atoms with E-state index in [0.717, 1.165) is 22.1 Å². The molecule has 0 saturated carbocycles. The molecule has 4 rings (SSSR count). The summed E-state index contributed by atoms with van der Waals surface area (Å²) in [6.07, 6.45) is 4.59. The molecule has 0 aliphatic rings. The lowest BCUT2D eigenvalue weighted by molar-refractivity contribution is 0.401. The van der Waals surface area contributed by atoms with E-state index in [-0.39, 0.29) is 5.56 Å². The van der Waals surface area contributed by atoms with E-state index >= 15 is 0 Å². The molecule has 31 heavy (non-hydrogen) atoms. The fourth-order valence-corrected chi connectivity index (χ4v) is 3.49. The zero-order chi connectivity index (χ0) is 22.3. The van der Waals surface area contributed by atoms with E-state index in [0.29, 0.717) is 35.4 Å². The molecule has 0 bridgehead atoms. The predicted octanol–water partition coefficient (Wildman–Crippen LogP) is 2.67. The highest BCUT2D eigenvalue weighted by Gasteiger charge is 2.20. The molecule has 0 saturated heterocycles. The highest BCUT2D eigenvalue weighted by molar-refractivity contribution is 5.72. The maximum atomic E-state index is 12.9. The summed E-state index contributed by atoms with van der Waals surface area (Å²) in [5.74, 6) is 1.02. The van der Waals surface area contributed by atoms with Gasteiger partial charge in [-0.1, -0.05) is 26.0 Å². The van der Waals surface area contributed by atoms with Gasteiger partial charge in [-0.15, -0.1) is 0 Å². The Bertz CT molecular complexity index is 1360. The van der Waals surface area contributed by atoms with Gasteiger partial charge in [-0.05, 0) is 30.0 Å². The van der Waals surface area contributed by atoms with Gasteiger partial charge in [0.2, 0.25) is 0 Å². The Hall–Kier alpha value is -3.62. The van der Waals surface area contributed by atoms with Gasteiger partial charge in [0, 0.05) is 39.4 Å². The zero-order valence-corrected chi connectivity index (χ0v) is 18.4. The van der Waals surface area contributed by atoms with Gasteiger partial charge in [-0.25, -0.2) is 4.79 Å². The number of hydrogen-bond donors (Lipinski definition) is 0. The minimum Gasteiger partial charge on any atom is -0.425 e. The Balaban J connectivity index is 1.76. The number of fused-ring (bicyclic) bond motifs is 1. The van der Waals surface area contributed by atoms with Crippen LogP contribution in [-0.2, 0) is 27.7 Å². The third kappa shape index (κ3) is 3.78. The SMILES string of the molecule is CC(C)CCn1c(Oc2ccc(-c3cnn(C)c3)cc2)nc2c1c(=O)n(C)c(=O)n2C. The molecule has 3 heterocycles. The van der Waals surface area contributed by atoms with Gasteiger partial charge >= 0.3 is 11.7 Å². The number of hydrogen-bond acceptors (Lipinski definition) is 5. The first kappa shape index (κ1) is 20.6. The molecule has 0 radical (unpaired) electrons. The first-order chi connectivity index (χ1) is 14.8. The van der Waals surface area contributed by atoms with Crippen molar-refractivity contribution in [1.29, 1.82) is 0 Å². The van der Waals surface area contributed by atoms with Crippen molar-refractivity contribution in [3.63, 3.8) is 0 Å². The van der Waals surface area contributed by atoms with Gasteiger partial charge in [-0.3, -0.25) is 23.2 Å². The first-order valence-electron chi connectivity index (χ1n) is 10.2. The standard InChI is InChI=1S/C22H26N6O3/c1-14(2)10-11-28-18-19(26(4)22(30)27(5)20(18)29)24-21(28)31-17-8-6-15(7-9-17)16-12-23-25(3)13-16/h6-9,12-14H,10-11H2,1-5H3. The summed E-state index contributed by atoms with van der Waals surface area (Å²) in [5, 5.41) is 4.20. The number of nitrogens with zero attached hydrogens (tertiary/aromatic N) is 6. The van der Waals surface area contributed by atoms with Crippen LogP contribution in [0.1, 0.15) is 20.3 Å². The second-order valence-electron chi connectivity index (χ2n) is 8.14. The van der Waals surface area contributed by atoms with Crippen LogP contribution in [0.15, 0.2) is 46.2 Å². The summed E-state index contributed by atoms with van der Waals surface area (Å²) >= 11 is 0. The van der Waals surface area contributed by atoms with E-state index in [1.807, 2.05) is 37.5 Å². The van der Waals surface area contributed by atoms with E-state index in [4.69, 9.17) is 4.74 Å². The average molecular weight is 422 g/mol. The van der Waals surface area contributed by atoms with Crippen LogP contribution >= 0.6 is 0 Å². The smallest absolute Gasteiger partial charge is 0.332 e. The fourth-order valence-electron chi connectivity index (χ4n) is 3.49. The molecular formula is C22H26N6O3. The summed E-state index contributed by atoms with van der Waals surface area (Å²) in [7, 11) is 4.96. The Morgan fingerprint density at radius 3 is 2.32 bits per heavy atom. The van der Waals surface area contributed by atoms with E-state index in [1.54, 1.807) is 22.5 Å². The van der Waals surface area contributed by atoms with Crippen molar-refractivity contribution in [3.8, 4) is 22.9 Å². The quantitative estimate of drug-likeness (QED) is 0.477. The van der Waals surface area contributed by atoms with Crippen LogP contribution in [0.25, 0.3) is 22.3 Å². The average Bonchev–Trinajstić information content (AvgIpc) is 3.33. The second-order valence-corrected chi connectivity index (χ2v) is 8.14. The van der Waals surface area contributed by atoms with Crippen molar-refractivity contribution in [2.24, 2.45) is 27.1 Å². The van der Waals surface area contributed by atoms with E-state index < -0.39 is 5.69 Å². The maximum absolute atomic E-state index is 12.9. The molecular weight excluding hydrogens is 396 g/mol. The topological polar surface area (TPSA) is 88.9 Å². The minimum atomic E-state index is -0.418. The molecule has 162 valence electrons. The van der Waals surface area contributed by atoms with E-state index in [1.165, 1.54) is 11.6 Å². The molecule has 0 N–H and O–H groups in total. The summed E-state index contributed by atoms with van der Waals surface area (Å²) in [4.78, 5) is 29.7. The van der Waals surface area contributed by atoms with Gasteiger partial charge in [0.25, 0.3) is 5.56 Å². The van der Waals surface area contributed by atoms with Gasteiger partial charge in [0.1, 0.15) is 5.75 Å². The lowest BCUT2D eigenvalue weighted by Gasteiger charge is -2.11. The number of imidazole rings is 1. The van der Waals surface area contributed by atoms with Crippen molar-refractivity contribution >= 4 is 11.2 Å². The van der Waals surface area contributed by atoms with Crippen LogP contribution in [0.2, 0.25) is 0 Å². The van der Waals surface area contributed by atoms with Gasteiger partial charge in [0.15, 0.2) is 11.2 Å². The van der Waals surface area contributed by atoms with Crippen LogP contribution in [-0.4, -0.2) is 28.5 Å². The Morgan fingerprint density at radius 1 is 1.00 bits per heavy atom. The van der Waals surface area contributed by atoms with Gasteiger partial charge < -0.3 is 4.74 Å². The highest BCUT2D eigenvalue weighted by Crippen LogP contribution is 2.27. The van der Waals surface area contributed by atoms with Crippen molar-refractivity contribution in [2.75, 3.05) is 0 Å². The number of benzene rings is 1. The fraction of sp³-hybridized carbons (Fsp3) is 0.364. The maximum Gasteiger partial charge on any atom is 0.332 e. The lowest BCUT2D eigenvalue weighted by Crippen LogP contribution is -2.37. The lowest BCUT2D eigenvalue weighted by atomic mass is 10.1. The molecule has 0 fully saturated rings. The van der Waals surface area contributed by atoms with Crippen molar-refractivity contribution in [3.05, 3.63) is 57.5 Å². The number of aromatic nitrogens is 6. The summed E-state index contributed by atoms with van der Waals surface area (Å²) in [6.45, 7) is 4.79. The largest absolute Gasteiger partial charge is 0.425 e. The first-order valence-corrected chi connectivity index (χ1v) is 10.2. The summed E-state index contributed by atoms with van der Waals surface area (Å²) in [6, 6.07) is 7.89. The molecule has 0 amide bonds. The Morgan fingerprint density at radius 2 is 1.71 bits per heavy atom. The van der Waals surface area contributed by atoms with Crippen LogP contribution in [0.4, 0.5) is 0 Å².